The number of hydrogen-bond acceptors (Lipinski definition) is 7. The van der Waals surface area contributed by atoms with E-state index in [9.17, 15) is 9.59 Å². The number of anilines is 1. The number of aromatic nitrogens is 1. The third-order valence-corrected chi connectivity index (χ3v) is 5.88. The van der Waals surface area contributed by atoms with Crippen LogP contribution in [-0.4, -0.2) is 62.4 Å². The van der Waals surface area contributed by atoms with E-state index in [2.05, 4.69) is 15.2 Å². The van der Waals surface area contributed by atoms with Gasteiger partial charge in [0.25, 0.3) is 5.91 Å². The first-order chi connectivity index (χ1) is 14.0. The van der Waals surface area contributed by atoms with Crippen LogP contribution in [0.2, 0.25) is 0 Å². The number of methoxy groups -OCH3 is 2. The molecule has 0 radical (unpaired) electrons. The fourth-order valence-corrected chi connectivity index (χ4v) is 3.41. The maximum Gasteiger partial charge on any atom is 0.331 e. The van der Waals surface area contributed by atoms with E-state index >= 15 is 0 Å². The number of carbonyl (C=O) groups is 2. The minimum absolute atomic E-state index is 0.198. The fraction of sp³-hybridized carbons (Fsp3) is 0.667. The van der Waals surface area contributed by atoms with Crippen LogP contribution in [0.15, 0.2) is 12.1 Å². The minimum Gasteiger partial charge on any atom is -0.476 e. The van der Waals surface area contributed by atoms with Crippen molar-refractivity contribution < 1.29 is 23.8 Å². The molecule has 1 amide bonds. The molecule has 2 heterocycles. The second kappa shape index (κ2) is 8.98. The lowest BCUT2D eigenvalue weighted by Crippen LogP contribution is -2.54. The Labute approximate surface area is 171 Å². The number of nitrogens with zero attached hydrogens (tertiary/aromatic N) is 2. The van der Waals surface area contributed by atoms with Crippen LogP contribution in [0.25, 0.3) is 0 Å². The molecule has 1 aliphatic heterocycles. The summed E-state index contributed by atoms with van der Waals surface area (Å²) in [7, 11) is 3.03. The van der Waals surface area contributed by atoms with Crippen molar-refractivity contribution in [2.75, 3.05) is 38.8 Å². The molecule has 1 aliphatic carbocycles. The third-order valence-electron chi connectivity index (χ3n) is 5.88. The first kappa shape index (κ1) is 21.4. The van der Waals surface area contributed by atoms with Gasteiger partial charge < -0.3 is 24.4 Å². The Balaban J connectivity index is 1.79. The Kier molecular flexibility index (Phi) is 6.62. The number of carbonyl (C=O) groups excluding carboxylic acids is 2. The van der Waals surface area contributed by atoms with Crippen LogP contribution >= 0.6 is 0 Å². The molecule has 0 spiro atoms. The number of nitrogens with one attached hydrogen (secondary N) is 1. The number of esters is 1. The number of rotatable bonds is 10. The van der Waals surface area contributed by atoms with E-state index < -0.39 is 17.4 Å². The molecule has 1 saturated heterocycles. The van der Waals surface area contributed by atoms with Crippen LogP contribution in [0.3, 0.4) is 0 Å². The summed E-state index contributed by atoms with van der Waals surface area (Å²) < 4.78 is 16.2. The molecule has 8 nitrogen and oxygen atoms in total. The molecule has 0 atom stereocenters. The van der Waals surface area contributed by atoms with Gasteiger partial charge in [-0.05, 0) is 43.7 Å². The van der Waals surface area contributed by atoms with Gasteiger partial charge in [0, 0.05) is 20.2 Å². The van der Waals surface area contributed by atoms with E-state index in [0.717, 1.165) is 18.8 Å². The zero-order valence-corrected chi connectivity index (χ0v) is 17.7. The van der Waals surface area contributed by atoms with E-state index in [1.807, 2.05) is 19.9 Å². The van der Waals surface area contributed by atoms with Gasteiger partial charge in [0.05, 0.1) is 19.8 Å². The van der Waals surface area contributed by atoms with Gasteiger partial charge in [0.15, 0.2) is 0 Å². The minimum atomic E-state index is -1.07. The van der Waals surface area contributed by atoms with Gasteiger partial charge >= 0.3 is 5.97 Å². The Bertz CT molecular complexity index is 740. The van der Waals surface area contributed by atoms with Gasteiger partial charge in [0.2, 0.25) is 5.88 Å². The van der Waals surface area contributed by atoms with Gasteiger partial charge in [-0.15, -0.1) is 0 Å². The van der Waals surface area contributed by atoms with Gasteiger partial charge in [-0.3, -0.25) is 4.79 Å². The predicted octanol–water partition coefficient (Wildman–Crippen LogP) is 2.17. The van der Waals surface area contributed by atoms with E-state index in [-0.39, 0.29) is 11.8 Å². The molecule has 160 valence electrons. The molecule has 2 aliphatic rings. The van der Waals surface area contributed by atoms with Crippen LogP contribution < -0.4 is 15.0 Å². The molecule has 1 saturated carbocycles. The first-order valence-corrected chi connectivity index (χ1v) is 10.3. The Hall–Kier alpha value is -2.35. The van der Waals surface area contributed by atoms with Crippen LogP contribution in [0.4, 0.5) is 5.69 Å². The van der Waals surface area contributed by atoms with Crippen LogP contribution in [0.1, 0.15) is 50.0 Å². The molecular weight excluding hydrogens is 374 g/mol. The molecular formula is C21H31N3O5. The van der Waals surface area contributed by atoms with Crippen molar-refractivity contribution in [3.8, 4) is 5.88 Å². The van der Waals surface area contributed by atoms with Gasteiger partial charge in [0.1, 0.15) is 16.9 Å². The van der Waals surface area contributed by atoms with E-state index in [1.165, 1.54) is 20.0 Å². The van der Waals surface area contributed by atoms with Crippen LogP contribution in [-0.2, 0) is 14.3 Å². The highest BCUT2D eigenvalue weighted by molar-refractivity contribution is 5.97. The molecule has 1 aromatic rings. The standard InChI is InChI=1S/C21H31N3O5/c1-5-21(6-2,20(26)28-4)23-18(25)16-9-10-17(24-11-15(12-24)27-3)19(22-16)29-13-14-7-8-14/h9-10,14-15H,5-8,11-13H2,1-4H3,(H,23,25). The maximum absolute atomic E-state index is 12.9. The van der Waals surface area contributed by atoms with Crippen molar-refractivity contribution in [2.45, 2.75) is 51.2 Å². The average molecular weight is 405 g/mol. The molecule has 3 rings (SSSR count). The van der Waals surface area contributed by atoms with Gasteiger partial charge in [-0.2, -0.15) is 0 Å². The van der Waals surface area contributed by atoms with Crippen molar-refractivity contribution in [3.05, 3.63) is 17.8 Å². The van der Waals surface area contributed by atoms with Crippen molar-refractivity contribution in [2.24, 2.45) is 5.92 Å². The topological polar surface area (TPSA) is 90.0 Å². The number of pyridine rings is 1. The Morgan fingerprint density at radius 1 is 1.21 bits per heavy atom. The first-order valence-electron chi connectivity index (χ1n) is 10.3. The van der Waals surface area contributed by atoms with Crippen molar-refractivity contribution >= 4 is 17.6 Å². The van der Waals surface area contributed by atoms with Crippen LogP contribution in [0.5, 0.6) is 5.88 Å². The second-order valence-corrected chi connectivity index (χ2v) is 7.77. The predicted molar refractivity (Wildman–Crippen MR) is 108 cm³/mol. The maximum atomic E-state index is 12.9. The quantitative estimate of drug-likeness (QED) is 0.597. The van der Waals surface area contributed by atoms with Crippen molar-refractivity contribution in [1.82, 2.24) is 10.3 Å². The lowest BCUT2D eigenvalue weighted by molar-refractivity contribution is -0.148. The summed E-state index contributed by atoms with van der Waals surface area (Å²) in [6.07, 6.45) is 3.39. The van der Waals surface area contributed by atoms with E-state index in [1.54, 1.807) is 13.2 Å². The lowest BCUT2D eigenvalue weighted by atomic mass is 9.92. The molecule has 1 aromatic heterocycles. The second-order valence-electron chi connectivity index (χ2n) is 7.77. The Morgan fingerprint density at radius 2 is 1.90 bits per heavy atom. The monoisotopic (exact) mass is 405 g/mol. The molecule has 0 unspecified atom stereocenters. The molecule has 1 N–H and O–H groups in total. The largest absolute Gasteiger partial charge is 0.476 e. The molecule has 0 aromatic carbocycles. The fourth-order valence-electron chi connectivity index (χ4n) is 3.41. The molecule has 0 bridgehead atoms. The molecule has 8 heteroatoms. The summed E-state index contributed by atoms with van der Waals surface area (Å²) in [5.41, 5.74) is 0.0175. The smallest absolute Gasteiger partial charge is 0.331 e. The number of amides is 1. The lowest BCUT2D eigenvalue weighted by Gasteiger charge is -2.40. The highest BCUT2D eigenvalue weighted by atomic mass is 16.5. The normalized spacial score (nSPS) is 16.9. The summed E-state index contributed by atoms with van der Waals surface area (Å²) >= 11 is 0. The summed E-state index contributed by atoms with van der Waals surface area (Å²) in [6, 6.07) is 3.52. The van der Waals surface area contributed by atoms with E-state index in [4.69, 9.17) is 14.2 Å². The summed E-state index contributed by atoms with van der Waals surface area (Å²) in [6.45, 7) is 5.82. The molecule has 29 heavy (non-hydrogen) atoms. The van der Waals surface area contributed by atoms with E-state index in [0.29, 0.717) is 31.2 Å². The zero-order valence-electron chi connectivity index (χ0n) is 17.7. The number of ether oxygens (including phenoxy) is 3. The summed E-state index contributed by atoms with van der Waals surface area (Å²) in [5.74, 6) is 0.150. The Morgan fingerprint density at radius 3 is 2.45 bits per heavy atom. The average Bonchev–Trinajstić information content (AvgIpc) is 3.54. The van der Waals surface area contributed by atoms with Gasteiger partial charge in [-0.25, -0.2) is 9.78 Å². The van der Waals surface area contributed by atoms with Crippen molar-refractivity contribution in [1.29, 1.82) is 0 Å². The number of hydrogen-bond donors (Lipinski definition) is 1. The highest BCUT2D eigenvalue weighted by Gasteiger charge is 2.38. The van der Waals surface area contributed by atoms with Gasteiger partial charge in [-0.1, -0.05) is 13.8 Å². The third kappa shape index (κ3) is 4.63. The molecule has 2 fully saturated rings. The summed E-state index contributed by atoms with van der Waals surface area (Å²) in [4.78, 5) is 31.8. The highest BCUT2D eigenvalue weighted by Crippen LogP contribution is 2.34. The van der Waals surface area contributed by atoms with Crippen molar-refractivity contribution in [3.63, 3.8) is 0 Å². The SMILES string of the molecule is CCC(CC)(NC(=O)c1ccc(N2CC(OC)C2)c(OCC2CC2)n1)C(=O)OC. The van der Waals surface area contributed by atoms with Crippen LogP contribution in [0, 0.1) is 5.92 Å². The summed E-state index contributed by atoms with van der Waals surface area (Å²) in [5, 5.41) is 2.83. The zero-order chi connectivity index (χ0) is 21.0.